The summed E-state index contributed by atoms with van der Waals surface area (Å²) in [5.74, 6) is 0.201. The van der Waals surface area contributed by atoms with Crippen molar-refractivity contribution in [1.82, 2.24) is 4.98 Å². The van der Waals surface area contributed by atoms with Crippen LogP contribution in [0.1, 0.15) is 6.42 Å². The number of aromatic nitrogens is 1. The fraction of sp³-hybridized carbons (Fsp3) is 0.444. The maximum Gasteiger partial charge on any atom is 0.311 e. The van der Waals surface area contributed by atoms with Crippen molar-refractivity contribution in [2.45, 2.75) is 12.5 Å². The fourth-order valence-corrected chi connectivity index (χ4v) is 3.50. The topological polar surface area (TPSA) is 128 Å². The van der Waals surface area contributed by atoms with Crippen molar-refractivity contribution in [2.24, 2.45) is 0 Å². The van der Waals surface area contributed by atoms with Crippen LogP contribution < -0.4 is 11.1 Å². The Balaban J connectivity index is 2.23. The normalized spacial score (nSPS) is 21.7. The SMILES string of the molecule is Nc1ccc([N+](=O)[O-])c(NC2CCS(=O)(=O)C2)n1. The minimum absolute atomic E-state index is 0.0158. The summed E-state index contributed by atoms with van der Waals surface area (Å²) in [6.45, 7) is 0. The van der Waals surface area contributed by atoms with E-state index in [1.165, 1.54) is 12.1 Å². The average Bonchev–Trinajstić information content (AvgIpc) is 2.57. The first-order chi connectivity index (χ1) is 8.37. The van der Waals surface area contributed by atoms with Gasteiger partial charge in [0.1, 0.15) is 5.82 Å². The van der Waals surface area contributed by atoms with E-state index in [2.05, 4.69) is 10.3 Å². The van der Waals surface area contributed by atoms with Crippen LogP contribution in [0.2, 0.25) is 0 Å². The standard InChI is InChI=1S/C9H12N4O4S/c10-8-2-1-7(13(14)15)9(12-8)11-6-3-4-18(16,17)5-6/h1-2,6H,3-5H2,(H3,10,11,12). The average molecular weight is 272 g/mol. The van der Waals surface area contributed by atoms with E-state index in [1.807, 2.05) is 0 Å². The first kappa shape index (κ1) is 12.6. The van der Waals surface area contributed by atoms with Crippen molar-refractivity contribution in [1.29, 1.82) is 0 Å². The predicted octanol–water partition coefficient (Wildman–Crippen LogP) is 0.171. The maximum atomic E-state index is 11.3. The van der Waals surface area contributed by atoms with Crippen molar-refractivity contribution < 1.29 is 13.3 Å². The number of hydrogen-bond donors (Lipinski definition) is 2. The third-order valence-electron chi connectivity index (χ3n) is 2.67. The van der Waals surface area contributed by atoms with Crippen molar-refractivity contribution in [3.8, 4) is 0 Å². The van der Waals surface area contributed by atoms with E-state index in [-0.39, 0.29) is 34.9 Å². The second kappa shape index (κ2) is 4.41. The lowest BCUT2D eigenvalue weighted by molar-refractivity contribution is -0.384. The summed E-state index contributed by atoms with van der Waals surface area (Å²) in [7, 11) is -3.05. The molecule has 9 heteroatoms. The van der Waals surface area contributed by atoms with Crippen LogP contribution in [0.25, 0.3) is 0 Å². The summed E-state index contributed by atoms with van der Waals surface area (Å²) in [6, 6.07) is 2.21. The zero-order chi connectivity index (χ0) is 13.3. The Morgan fingerprint density at radius 2 is 2.22 bits per heavy atom. The van der Waals surface area contributed by atoms with Gasteiger partial charge >= 0.3 is 5.69 Å². The van der Waals surface area contributed by atoms with Crippen molar-refractivity contribution in [3.05, 3.63) is 22.2 Å². The molecule has 1 atom stereocenters. The summed E-state index contributed by atoms with van der Waals surface area (Å²) in [5.41, 5.74) is 5.25. The number of hydrogen-bond acceptors (Lipinski definition) is 7. The number of nitrogens with one attached hydrogen (secondary N) is 1. The highest BCUT2D eigenvalue weighted by atomic mass is 32.2. The van der Waals surface area contributed by atoms with E-state index in [0.717, 1.165) is 0 Å². The van der Waals surface area contributed by atoms with Gasteiger partial charge in [0.25, 0.3) is 0 Å². The summed E-state index contributed by atoms with van der Waals surface area (Å²) in [5, 5.41) is 13.6. The van der Waals surface area contributed by atoms with Gasteiger partial charge in [0.05, 0.1) is 16.4 Å². The summed E-state index contributed by atoms with van der Waals surface area (Å²) < 4.78 is 22.6. The minimum atomic E-state index is -3.05. The van der Waals surface area contributed by atoms with Gasteiger partial charge in [-0.2, -0.15) is 0 Å². The van der Waals surface area contributed by atoms with Crippen LogP contribution in [0.5, 0.6) is 0 Å². The number of nitrogen functional groups attached to an aromatic ring is 1. The van der Waals surface area contributed by atoms with Crippen LogP contribution in [0, 0.1) is 10.1 Å². The molecule has 1 aliphatic rings. The molecule has 2 heterocycles. The Labute approximate surface area is 103 Å². The highest BCUT2D eigenvalue weighted by Crippen LogP contribution is 2.25. The largest absolute Gasteiger partial charge is 0.384 e. The number of sulfone groups is 1. The Morgan fingerprint density at radius 3 is 2.78 bits per heavy atom. The van der Waals surface area contributed by atoms with Gasteiger partial charge in [0.15, 0.2) is 9.84 Å². The molecule has 1 aromatic rings. The Morgan fingerprint density at radius 1 is 1.50 bits per heavy atom. The molecular formula is C9H12N4O4S. The number of rotatable bonds is 3. The zero-order valence-electron chi connectivity index (χ0n) is 9.37. The van der Waals surface area contributed by atoms with Crippen LogP contribution in [-0.2, 0) is 9.84 Å². The molecule has 0 aromatic carbocycles. The molecule has 98 valence electrons. The van der Waals surface area contributed by atoms with E-state index in [4.69, 9.17) is 5.73 Å². The Bertz CT molecular complexity index is 586. The lowest BCUT2D eigenvalue weighted by Crippen LogP contribution is -2.22. The quantitative estimate of drug-likeness (QED) is 0.592. The number of nitro groups is 1. The molecule has 0 bridgehead atoms. The van der Waals surface area contributed by atoms with E-state index < -0.39 is 14.8 Å². The van der Waals surface area contributed by atoms with Crippen LogP contribution in [0.3, 0.4) is 0 Å². The molecule has 0 amide bonds. The first-order valence-corrected chi connectivity index (χ1v) is 7.07. The van der Waals surface area contributed by atoms with E-state index in [1.54, 1.807) is 0 Å². The van der Waals surface area contributed by atoms with Crippen molar-refractivity contribution in [2.75, 3.05) is 22.6 Å². The highest BCUT2D eigenvalue weighted by molar-refractivity contribution is 7.91. The molecule has 0 aliphatic carbocycles. The molecule has 3 N–H and O–H groups in total. The van der Waals surface area contributed by atoms with Crippen LogP contribution >= 0.6 is 0 Å². The van der Waals surface area contributed by atoms with E-state index in [0.29, 0.717) is 6.42 Å². The van der Waals surface area contributed by atoms with E-state index >= 15 is 0 Å². The molecule has 1 aliphatic heterocycles. The number of nitrogens with two attached hydrogens (primary N) is 1. The molecule has 1 saturated heterocycles. The maximum absolute atomic E-state index is 11.3. The van der Waals surface area contributed by atoms with Gasteiger partial charge in [-0.05, 0) is 12.5 Å². The number of anilines is 2. The highest BCUT2D eigenvalue weighted by Gasteiger charge is 2.29. The Hall–Kier alpha value is -1.90. The third-order valence-corrected chi connectivity index (χ3v) is 4.43. The lowest BCUT2D eigenvalue weighted by atomic mass is 10.2. The van der Waals surface area contributed by atoms with Gasteiger partial charge in [-0.1, -0.05) is 0 Å². The van der Waals surface area contributed by atoms with Gasteiger partial charge in [-0.3, -0.25) is 10.1 Å². The van der Waals surface area contributed by atoms with Gasteiger partial charge in [0.2, 0.25) is 5.82 Å². The lowest BCUT2D eigenvalue weighted by Gasteiger charge is -2.11. The number of pyridine rings is 1. The van der Waals surface area contributed by atoms with E-state index in [9.17, 15) is 18.5 Å². The number of nitrogens with zero attached hydrogens (tertiary/aromatic N) is 2. The van der Waals surface area contributed by atoms with Crippen LogP contribution in [0.4, 0.5) is 17.3 Å². The molecule has 0 spiro atoms. The molecule has 8 nitrogen and oxygen atoms in total. The molecule has 18 heavy (non-hydrogen) atoms. The van der Waals surface area contributed by atoms with Crippen LogP contribution in [0.15, 0.2) is 12.1 Å². The first-order valence-electron chi connectivity index (χ1n) is 5.25. The third kappa shape index (κ3) is 2.67. The van der Waals surface area contributed by atoms with Gasteiger partial charge in [-0.25, -0.2) is 13.4 Å². The van der Waals surface area contributed by atoms with Gasteiger partial charge in [0, 0.05) is 12.1 Å². The molecule has 2 rings (SSSR count). The van der Waals surface area contributed by atoms with Crippen molar-refractivity contribution >= 4 is 27.2 Å². The molecule has 0 radical (unpaired) electrons. The summed E-state index contributed by atoms with van der Waals surface area (Å²) >= 11 is 0. The van der Waals surface area contributed by atoms with Crippen molar-refractivity contribution in [3.63, 3.8) is 0 Å². The fourth-order valence-electron chi connectivity index (χ4n) is 1.82. The Kier molecular flexibility index (Phi) is 3.07. The monoisotopic (exact) mass is 272 g/mol. The molecule has 0 saturated carbocycles. The summed E-state index contributed by atoms with van der Waals surface area (Å²) in [6.07, 6.45) is 0.413. The van der Waals surface area contributed by atoms with Crippen LogP contribution in [-0.4, -0.2) is 35.9 Å². The smallest absolute Gasteiger partial charge is 0.311 e. The molecular weight excluding hydrogens is 260 g/mol. The van der Waals surface area contributed by atoms with Gasteiger partial charge in [-0.15, -0.1) is 0 Å². The predicted molar refractivity (Wildman–Crippen MR) is 66.0 cm³/mol. The second-order valence-electron chi connectivity index (χ2n) is 4.11. The minimum Gasteiger partial charge on any atom is -0.384 e. The second-order valence-corrected chi connectivity index (χ2v) is 6.33. The molecule has 1 fully saturated rings. The zero-order valence-corrected chi connectivity index (χ0v) is 10.2. The molecule has 1 aromatic heterocycles. The van der Waals surface area contributed by atoms with Gasteiger partial charge < -0.3 is 11.1 Å². The summed E-state index contributed by atoms with van der Waals surface area (Å²) in [4.78, 5) is 14.1. The molecule has 1 unspecified atom stereocenters.